The molecule has 0 aliphatic heterocycles. The zero-order valence-electron chi connectivity index (χ0n) is 7.41. The van der Waals surface area contributed by atoms with Gasteiger partial charge in [0.05, 0.1) is 12.0 Å². The summed E-state index contributed by atoms with van der Waals surface area (Å²) in [5.74, 6) is 0.944. The van der Waals surface area contributed by atoms with Gasteiger partial charge >= 0.3 is 5.69 Å². The van der Waals surface area contributed by atoms with Crippen molar-refractivity contribution in [2.24, 2.45) is 0 Å². The fourth-order valence-corrected chi connectivity index (χ4v) is 1.86. The molecular formula is C10H8N2O2. The highest BCUT2D eigenvalue weighted by Gasteiger charge is 2.19. The Morgan fingerprint density at radius 2 is 2.36 bits per heavy atom. The van der Waals surface area contributed by atoms with Gasteiger partial charge in [-0.2, -0.15) is 0 Å². The van der Waals surface area contributed by atoms with E-state index in [2.05, 4.69) is 9.97 Å². The summed E-state index contributed by atoms with van der Waals surface area (Å²) in [6.07, 6.45) is 5.05. The summed E-state index contributed by atoms with van der Waals surface area (Å²) in [5, 5.41) is 0. The number of hydrogen-bond acceptors (Lipinski definition) is 3. The van der Waals surface area contributed by atoms with E-state index in [0.29, 0.717) is 0 Å². The van der Waals surface area contributed by atoms with Crippen LogP contribution in [0.3, 0.4) is 0 Å². The van der Waals surface area contributed by atoms with Crippen molar-refractivity contribution in [1.82, 2.24) is 9.97 Å². The molecule has 4 heteroatoms. The number of nitrogens with one attached hydrogen (secondary N) is 1. The van der Waals surface area contributed by atoms with Gasteiger partial charge < -0.3 is 9.40 Å². The molecule has 2 heterocycles. The van der Waals surface area contributed by atoms with Crippen molar-refractivity contribution in [1.29, 1.82) is 0 Å². The van der Waals surface area contributed by atoms with Crippen LogP contribution in [0.5, 0.6) is 0 Å². The van der Waals surface area contributed by atoms with Gasteiger partial charge in [0.2, 0.25) is 0 Å². The van der Waals surface area contributed by atoms with Crippen molar-refractivity contribution >= 4 is 0 Å². The van der Waals surface area contributed by atoms with Gasteiger partial charge in [-0.1, -0.05) is 0 Å². The van der Waals surface area contributed by atoms with E-state index in [1.807, 2.05) is 6.07 Å². The van der Waals surface area contributed by atoms with Gasteiger partial charge in [0.25, 0.3) is 0 Å². The zero-order valence-corrected chi connectivity index (χ0v) is 7.41. The van der Waals surface area contributed by atoms with E-state index >= 15 is 0 Å². The molecule has 1 aliphatic carbocycles. The minimum atomic E-state index is -0.308. The molecule has 0 atom stereocenters. The fraction of sp³-hybridized carbons (Fsp3) is 0.200. The van der Waals surface area contributed by atoms with Gasteiger partial charge in [0.15, 0.2) is 0 Å². The SMILES string of the molecule is O=c1ncc2c([nH]1)-c1ccoc1CC2. The molecule has 0 saturated carbocycles. The van der Waals surface area contributed by atoms with Crippen LogP contribution in [0, 0.1) is 0 Å². The van der Waals surface area contributed by atoms with Crippen LogP contribution in [0.4, 0.5) is 0 Å². The summed E-state index contributed by atoms with van der Waals surface area (Å²) in [5.41, 5.74) is 2.63. The smallest absolute Gasteiger partial charge is 0.345 e. The summed E-state index contributed by atoms with van der Waals surface area (Å²) in [6, 6.07) is 1.88. The number of rotatable bonds is 0. The predicted octanol–water partition coefficient (Wildman–Crippen LogP) is 1.13. The molecule has 4 nitrogen and oxygen atoms in total. The van der Waals surface area contributed by atoms with Crippen molar-refractivity contribution in [3.8, 4) is 11.3 Å². The summed E-state index contributed by atoms with van der Waals surface area (Å²) in [6.45, 7) is 0. The predicted molar refractivity (Wildman–Crippen MR) is 50.0 cm³/mol. The van der Waals surface area contributed by atoms with Gasteiger partial charge in [0.1, 0.15) is 5.76 Å². The molecule has 70 valence electrons. The van der Waals surface area contributed by atoms with E-state index in [0.717, 1.165) is 35.4 Å². The summed E-state index contributed by atoms with van der Waals surface area (Å²) in [4.78, 5) is 17.5. The number of aryl methyl sites for hydroxylation is 2. The molecule has 0 aromatic carbocycles. The van der Waals surface area contributed by atoms with Crippen LogP contribution in [0.2, 0.25) is 0 Å². The first kappa shape index (κ1) is 7.55. The second kappa shape index (κ2) is 2.57. The van der Waals surface area contributed by atoms with Crippen molar-refractivity contribution in [3.63, 3.8) is 0 Å². The number of aromatic nitrogens is 2. The standard InChI is InChI=1S/C10H8N2O2/c13-10-11-5-6-1-2-8-7(3-4-14-8)9(6)12-10/h3-5H,1-2H2,(H,11,12,13). The first-order chi connectivity index (χ1) is 6.84. The van der Waals surface area contributed by atoms with Crippen LogP contribution in [0.1, 0.15) is 11.3 Å². The summed E-state index contributed by atoms with van der Waals surface area (Å²) in [7, 11) is 0. The molecular weight excluding hydrogens is 180 g/mol. The van der Waals surface area contributed by atoms with Crippen molar-refractivity contribution in [2.75, 3.05) is 0 Å². The number of H-pyrrole nitrogens is 1. The zero-order chi connectivity index (χ0) is 9.54. The van der Waals surface area contributed by atoms with E-state index < -0.39 is 0 Å². The van der Waals surface area contributed by atoms with Crippen LogP contribution in [0.25, 0.3) is 11.3 Å². The first-order valence-electron chi connectivity index (χ1n) is 4.49. The highest BCUT2D eigenvalue weighted by molar-refractivity contribution is 5.66. The van der Waals surface area contributed by atoms with Crippen LogP contribution in [0.15, 0.2) is 27.7 Å². The number of fused-ring (bicyclic) bond motifs is 3. The second-order valence-electron chi connectivity index (χ2n) is 3.35. The molecule has 2 aromatic rings. The summed E-state index contributed by atoms with van der Waals surface area (Å²) < 4.78 is 5.31. The van der Waals surface area contributed by atoms with Gasteiger partial charge in [-0.05, 0) is 18.1 Å². The second-order valence-corrected chi connectivity index (χ2v) is 3.35. The maximum atomic E-state index is 11.1. The Balaban J connectivity index is 2.34. The molecule has 0 spiro atoms. The summed E-state index contributed by atoms with van der Waals surface area (Å²) >= 11 is 0. The Labute approximate surface area is 79.6 Å². The minimum Gasteiger partial charge on any atom is -0.469 e. The van der Waals surface area contributed by atoms with Gasteiger partial charge in [0, 0.05) is 18.2 Å². The molecule has 0 bridgehead atoms. The maximum Gasteiger partial charge on any atom is 0.345 e. The fourth-order valence-electron chi connectivity index (χ4n) is 1.86. The van der Waals surface area contributed by atoms with Crippen LogP contribution < -0.4 is 5.69 Å². The Bertz CT molecular complexity index is 539. The molecule has 0 amide bonds. The molecule has 0 saturated heterocycles. The lowest BCUT2D eigenvalue weighted by Gasteiger charge is -2.13. The average molecular weight is 188 g/mol. The Morgan fingerprint density at radius 1 is 1.43 bits per heavy atom. The minimum absolute atomic E-state index is 0.308. The van der Waals surface area contributed by atoms with E-state index in [4.69, 9.17) is 4.42 Å². The Morgan fingerprint density at radius 3 is 3.29 bits per heavy atom. The molecule has 3 rings (SSSR count). The topological polar surface area (TPSA) is 58.9 Å². The molecule has 0 fully saturated rings. The van der Waals surface area contributed by atoms with Gasteiger partial charge in [-0.3, -0.25) is 0 Å². The molecule has 0 radical (unpaired) electrons. The Hall–Kier alpha value is -1.84. The molecule has 2 aromatic heterocycles. The maximum absolute atomic E-state index is 11.1. The number of nitrogens with zero attached hydrogens (tertiary/aromatic N) is 1. The highest BCUT2D eigenvalue weighted by Crippen LogP contribution is 2.30. The first-order valence-corrected chi connectivity index (χ1v) is 4.49. The van der Waals surface area contributed by atoms with Crippen LogP contribution in [-0.4, -0.2) is 9.97 Å². The van der Waals surface area contributed by atoms with Crippen LogP contribution >= 0.6 is 0 Å². The molecule has 0 unspecified atom stereocenters. The Kier molecular flexibility index (Phi) is 1.39. The van der Waals surface area contributed by atoms with Crippen LogP contribution in [-0.2, 0) is 12.8 Å². The number of hydrogen-bond donors (Lipinski definition) is 1. The van der Waals surface area contributed by atoms with E-state index in [9.17, 15) is 4.79 Å². The number of aromatic amines is 1. The number of furan rings is 1. The van der Waals surface area contributed by atoms with E-state index in [1.54, 1.807) is 12.5 Å². The molecule has 1 aliphatic rings. The lowest BCUT2D eigenvalue weighted by atomic mass is 9.96. The van der Waals surface area contributed by atoms with E-state index in [1.165, 1.54) is 0 Å². The van der Waals surface area contributed by atoms with Crippen molar-refractivity contribution < 1.29 is 4.42 Å². The third-order valence-corrected chi connectivity index (χ3v) is 2.53. The van der Waals surface area contributed by atoms with Crippen molar-refractivity contribution in [2.45, 2.75) is 12.8 Å². The quantitative estimate of drug-likeness (QED) is 0.674. The lowest BCUT2D eigenvalue weighted by molar-refractivity contribution is 0.506. The largest absolute Gasteiger partial charge is 0.469 e. The molecule has 1 N–H and O–H groups in total. The highest BCUT2D eigenvalue weighted by atomic mass is 16.3. The van der Waals surface area contributed by atoms with E-state index in [-0.39, 0.29) is 5.69 Å². The lowest BCUT2D eigenvalue weighted by Crippen LogP contribution is -2.15. The average Bonchev–Trinajstić information content (AvgIpc) is 2.65. The third-order valence-electron chi connectivity index (χ3n) is 2.53. The van der Waals surface area contributed by atoms with Gasteiger partial charge in [-0.15, -0.1) is 0 Å². The monoisotopic (exact) mass is 188 g/mol. The van der Waals surface area contributed by atoms with Gasteiger partial charge in [-0.25, -0.2) is 9.78 Å². The molecule has 14 heavy (non-hydrogen) atoms. The van der Waals surface area contributed by atoms with Crippen molar-refractivity contribution in [3.05, 3.63) is 40.3 Å². The normalized spacial score (nSPS) is 13.4. The third kappa shape index (κ3) is 0.937.